The molecule has 1 fully saturated rings. The van der Waals surface area contributed by atoms with Gasteiger partial charge in [0.05, 0.1) is 15.9 Å². The number of hydrogen-bond acceptors (Lipinski definition) is 2. The van der Waals surface area contributed by atoms with E-state index in [0.717, 1.165) is 17.9 Å². The molecule has 0 spiro atoms. The van der Waals surface area contributed by atoms with Crippen molar-refractivity contribution in [2.45, 2.75) is 25.7 Å². The van der Waals surface area contributed by atoms with Crippen LogP contribution >= 0.6 is 27.5 Å². The summed E-state index contributed by atoms with van der Waals surface area (Å²) in [6.45, 7) is 0. The first-order valence-electron chi connectivity index (χ1n) is 8.47. The summed E-state index contributed by atoms with van der Waals surface area (Å²) < 4.78 is 6.65. The molecule has 0 bridgehead atoms. The Morgan fingerprint density at radius 3 is 2.81 bits per heavy atom. The zero-order chi connectivity index (χ0) is 18.3. The molecule has 4 nitrogen and oxygen atoms in total. The van der Waals surface area contributed by atoms with Gasteiger partial charge in [0.1, 0.15) is 5.75 Å². The Morgan fingerprint density at radius 1 is 1.31 bits per heavy atom. The first kappa shape index (κ1) is 17.4. The van der Waals surface area contributed by atoms with Crippen molar-refractivity contribution >= 4 is 44.4 Å². The van der Waals surface area contributed by atoms with Gasteiger partial charge in [-0.25, -0.2) is 0 Å². The van der Waals surface area contributed by atoms with Crippen LogP contribution in [0.25, 0.3) is 10.9 Å². The number of carbonyl (C=O) groups is 1. The number of benzene rings is 2. The summed E-state index contributed by atoms with van der Waals surface area (Å²) in [5.74, 6) is 1.09. The topological polar surface area (TPSA) is 62.3 Å². The molecule has 3 aromatic rings. The predicted octanol–water partition coefficient (Wildman–Crippen LogP) is 5.96. The molecular formula is C20H17BrClNO3. The van der Waals surface area contributed by atoms with Crippen LogP contribution in [0.5, 0.6) is 11.5 Å². The Morgan fingerprint density at radius 2 is 2.12 bits per heavy atom. The zero-order valence-corrected chi connectivity index (χ0v) is 16.2. The third-order valence-electron chi connectivity index (χ3n) is 4.58. The second-order valence-corrected chi connectivity index (χ2v) is 7.99. The Balaban J connectivity index is 1.63. The minimum Gasteiger partial charge on any atom is -0.481 e. The van der Waals surface area contributed by atoms with E-state index >= 15 is 0 Å². The average Bonchev–Trinajstić information content (AvgIpc) is 3.30. The summed E-state index contributed by atoms with van der Waals surface area (Å²) in [6.07, 6.45) is 5.72. The largest absolute Gasteiger partial charge is 0.481 e. The number of nitrogens with one attached hydrogen (secondary N) is 1. The van der Waals surface area contributed by atoms with Gasteiger partial charge >= 0.3 is 5.97 Å². The molecule has 1 saturated carbocycles. The Kier molecular flexibility index (Phi) is 4.67. The monoisotopic (exact) mass is 433 g/mol. The Labute approximate surface area is 164 Å². The van der Waals surface area contributed by atoms with E-state index in [1.165, 1.54) is 23.8 Å². The number of ether oxygens (including phenoxy) is 1. The zero-order valence-electron chi connectivity index (χ0n) is 13.9. The second-order valence-electron chi connectivity index (χ2n) is 6.73. The van der Waals surface area contributed by atoms with E-state index in [1.807, 2.05) is 18.2 Å². The molecule has 0 aliphatic heterocycles. The SMILES string of the molecule is O=C(O)Cc1cc(Cl)c(Oc2ccc3[nH]cc(CC4CC4)c3c2)c(Br)c1. The van der Waals surface area contributed by atoms with Crippen LogP contribution in [0.2, 0.25) is 5.02 Å². The average molecular weight is 435 g/mol. The molecule has 0 atom stereocenters. The lowest BCUT2D eigenvalue weighted by atomic mass is 10.1. The molecule has 0 saturated heterocycles. The predicted molar refractivity (Wildman–Crippen MR) is 105 cm³/mol. The van der Waals surface area contributed by atoms with E-state index in [1.54, 1.807) is 12.1 Å². The van der Waals surface area contributed by atoms with E-state index in [0.29, 0.717) is 26.6 Å². The number of hydrogen-bond donors (Lipinski definition) is 2. The van der Waals surface area contributed by atoms with Crippen molar-refractivity contribution in [2.75, 3.05) is 0 Å². The van der Waals surface area contributed by atoms with Crippen LogP contribution in [0, 0.1) is 5.92 Å². The summed E-state index contributed by atoms with van der Waals surface area (Å²) in [6, 6.07) is 9.28. The van der Waals surface area contributed by atoms with E-state index in [-0.39, 0.29) is 6.42 Å². The van der Waals surface area contributed by atoms with Gasteiger partial charge in [0.25, 0.3) is 0 Å². The molecule has 1 aliphatic rings. The molecule has 1 heterocycles. The minimum absolute atomic E-state index is 0.0849. The van der Waals surface area contributed by atoms with Crippen molar-refractivity contribution in [2.24, 2.45) is 5.92 Å². The van der Waals surface area contributed by atoms with Crippen LogP contribution in [0.3, 0.4) is 0 Å². The lowest BCUT2D eigenvalue weighted by molar-refractivity contribution is -0.136. The van der Waals surface area contributed by atoms with Crippen molar-refractivity contribution in [1.29, 1.82) is 0 Å². The van der Waals surface area contributed by atoms with Gasteiger partial charge in [-0.05, 0) is 82.6 Å². The van der Waals surface area contributed by atoms with Crippen molar-refractivity contribution in [3.63, 3.8) is 0 Å². The molecule has 1 aromatic heterocycles. The summed E-state index contributed by atoms with van der Waals surface area (Å²) in [7, 11) is 0. The van der Waals surface area contributed by atoms with Crippen molar-refractivity contribution in [3.05, 3.63) is 57.2 Å². The molecule has 6 heteroatoms. The normalized spacial score (nSPS) is 13.9. The van der Waals surface area contributed by atoms with Crippen LogP contribution in [0.4, 0.5) is 0 Å². The van der Waals surface area contributed by atoms with Crippen LogP contribution in [0.1, 0.15) is 24.0 Å². The Hall–Kier alpha value is -1.98. The first-order valence-corrected chi connectivity index (χ1v) is 9.64. The summed E-state index contributed by atoms with van der Waals surface area (Å²) in [5.41, 5.74) is 3.03. The lowest BCUT2D eigenvalue weighted by Crippen LogP contribution is -2.00. The smallest absolute Gasteiger partial charge is 0.307 e. The number of carboxylic acid groups (broad SMARTS) is 1. The highest BCUT2D eigenvalue weighted by atomic mass is 79.9. The quantitative estimate of drug-likeness (QED) is 0.503. The molecule has 2 N–H and O–H groups in total. The number of H-pyrrole nitrogens is 1. The van der Waals surface area contributed by atoms with Gasteiger partial charge in [-0.1, -0.05) is 11.6 Å². The highest BCUT2D eigenvalue weighted by Gasteiger charge is 2.23. The van der Waals surface area contributed by atoms with Gasteiger partial charge in [0.2, 0.25) is 0 Å². The van der Waals surface area contributed by atoms with Crippen LogP contribution in [-0.2, 0) is 17.6 Å². The van der Waals surface area contributed by atoms with Crippen LogP contribution in [0.15, 0.2) is 41.0 Å². The number of carboxylic acids is 1. The van der Waals surface area contributed by atoms with Gasteiger partial charge in [-0.2, -0.15) is 0 Å². The van der Waals surface area contributed by atoms with Gasteiger partial charge in [0, 0.05) is 17.1 Å². The third-order valence-corrected chi connectivity index (χ3v) is 5.45. The van der Waals surface area contributed by atoms with Crippen LogP contribution in [-0.4, -0.2) is 16.1 Å². The summed E-state index contributed by atoms with van der Waals surface area (Å²) in [5, 5.41) is 10.5. The number of aliphatic carboxylic acids is 1. The molecule has 26 heavy (non-hydrogen) atoms. The minimum atomic E-state index is -0.900. The van der Waals surface area contributed by atoms with E-state index in [9.17, 15) is 4.79 Å². The summed E-state index contributed by atoms with van der Waals surface area (Å²) in [4.78, 5) is 14.2. The maximum Gasteiger partial charge on any atom is 0.307 e. The summed E-state index contributed by atoms with van der Waals surface area (Å²) >= 11 is 9.75. The lowest BCUT2D eigenvalue weighted by Gasteiger charge is -2.12. The van der Waals surface area contributed by atoms with Crippen molar-refractivity contribution in [3.8, 4) is 11.5 Å². The van der Waals surface area contributed by atoms with Gasteiger partial charge < -0.3 is 14.8 Å². The van der Waals surface area contributed by atoms with Gasteiger partial charge in [0.15, 0.2) is 5.75 Å². The highest BCUT2D eigenvalue weighted by molar-refractivity contribution is 9.10. The molecule has 4 rings (SSSR count). The molecular weight excluding hydrogens is 418 g/mol. The van der Waals surface area contributed by atoms with Gasteiger partial charge in [-0.3, -0.25) is 4.79 Å². The number of halogens is 2. The van der Waals surface area contributed by atoms with Crippen molar-refractivity contribution < 1.29 is 14.6 Å². The number of aromatic amines is 1. The highest BCUT2D eigenvalue weighted by Crippen LogP contribution is 2.39. The molecule has 134 valence electrons. The Bertz CT molecular complexity index is 971. The van der Waals surface area contributed by atoms with E-state index in [2.05, 4.69) is 27.1 Å². The maximum absolute atomic E-state index is 10.9. The molecule has 2 aromatic carbocycles. The molecule has 0 unspecified atom stereocenters. The fourth-order valence-corrected chi connectivity index (χ4v) is 4.11. The van der Waals surface area contributed by atoms with Crippen LogP contribution < -0.4 is 4.74 Å². The third kappa shape index (κ3) is 3.74. The molecule has 0 radical (unpaired) electrons. The van der Waals surface area contributed by atoms with E-state index < -0.39 is 5.97 Å². The van der Waals surface area contributed by atoms with Gasteiger partial charge in [-0.15, -0.1) is 0 Å². The fourth-order valence-electron chi connectivity index (χ4n) is 3.13. The maximum atomic E-state index is 10.9. The van der Waals surface area contributed by atoms with Crippen molar-refractivity contribution in [1.82, 2.24) is 4.98 Å². The number of aromatic nitrogens is 1. The molecule has 0 amide bonds. The second kappa shape index (κ2) is 6.97. The fraction of sp³-hybridized carbons (Fsp3) is 0.250. The number of rotatable bonds is 6. The number of fused-ring (bicyclic) bond motifs is 1. The molecule has 1 aliphatic carbocycles. The van der Waals surface area contributed by atoms with E-state index in [4.69, 9.17) is 21.4 Å². The standard InChI is InChI=1S/C20H17BrClNO3/c21-16-6-12(8-19(24)25)7-17(22)20(16)26-14-3-4-18-15(9-14)13(10-23-18)5-11-1-2-11/h3-4,6-7,9-11,23H,1-2,5,8H2,(H,24,25). The first-order chi connectivity index (χ1) is 12.5.